The Labute approximate surface area is 170 Å². The van der Waals surface area contributed by atoms with Crippen molar-refractivity contribution >= 4 is 0 Å². The van der Waals surface area contributed by atoms with Crippen LogP contribution >= 0.6 is 0 Å². The van der Waals surface area contributed by atoms with Crippen LogP contribution in [0.5, 0.6) is 0 Å². The molecule has 0 aliphatic heterocycles. The summed E-state index contributed by atoms with van der Waals surface area (Å²) in [5.41, 5.74) is 4.36. The average molecular weight is 371 g/mol. The van der Waals surface area contributed by atoms with Crippen LogP contribution in [-0.4, -0.2) is 0 Å². The maximum Gasteiger partial charge on any atom is -0.00948 e. The van der Waals surface area contributed by atoms with Gasteiger partial charge in [-0.2, -0.15) is 0 Å². The lowest BCUT2D eigenvalue weighted by Gasteiger charge is -2.15. The second kappa shape index (κ2) is 14.0. The molecule has 0 heteroatoms. The maximum atomic E-state index is 2.45. The highest BCUT2D eigenvalue weighted by molar-refractivity contribution is 5.24. The highest BCUT2D eigenvalue weighted by Crippen LogP contribution is 2.22. The van der Waals surface area contributed by atoms with Gasteiger partial charge in [-0.15, -0.1) is 0 Å². The topological polar surface area (TPSA) is 0 Å². The number of benzene rings is 1. The van der Waals surface area contributed by atoms with Gasteiger partial charge in [0.15, 0.2) is 0 Å². The summed E-state index contributed by atoms with van der Waals surface area (Å²) < 4.78 is 0. The van der Waals surface area contributed by atoms with Crippen molar-refractivity contribution in [2.24, 2.45) is 17.8 Å². The summed E-state index contributed by atoms with van der Waals surface area (Å²) in [4.78, 5) is 0. The Hall–Kier alpha value is -1.04. The van der Waals surface area contributed by atoms with Crippen LogP contribution < -0.4 is 0 Å². The summed E-state index contributed by atoms with van der Waals surface area (Å²) in [6, 6.07) is 8.88. The zero-order chi connectivity index (χ0) is 20.1. The van der Waals surface area contributed by atoms with Crippen LogP contribution in [0.4, 0.5) is 0 Å². The lowest BCUT2D eigenvalue weighted by atomic mass is 9.91. The van der Waals surface area contributed by atoms with Crippen LogP contribution in [0.25, 0.3) is 0 Å². The Morgan fingerprint density at radius 3 is 2.04 bits per heavy atom. The molecule has 0 radical (unpaired) electrons. The van der Waals surface area contributed by atoms with E-state index in [0.717, 1.165) is 24.2 Å². The Morgan fingerprint density at radius 2 is 1.44 bits per heavy atom. The van der Waals surface area contributed by atoms with Gasteiger partial charge in [-0.1, -0.05) is 114 Å². The Morgan fingerprint density at radius 1 is 0.852 bits per heavy atom. The molecule has 0 heterocycles. The predicted octanol–water partition coefficient (Wildman–Crippen LogP) is 8.92. The molecule has 0 aromatic heterocycles. The fourth-order valence-electron chi connectivity index (χ4n) is 3.94. The quantitative estimate of drug-likeness (QED) is 0.287. The summed E-state index contributed by atoms with van der Waals surface area (Å²) >= 11 is 0. The molecule has 1 rings (SSSR count). The molecule has 1 aromatic rings. The first-order valence-corrected chi connectivity index (χ1v) is 11.6. The van der Waals surface area contributed by atoms with Gasteiger partial charge in [-0.25, -0.2) is 0 Å². The largest absolute Gasteiger partial charge is 0.0812 e. The summed E-state index contributed by atoms with van der Waals surface area (Å²) in [6.07, 6.45) is 16.0. The molecule has 1 aromatic carbocycles. The van der Waals surface area contributed by atoms with E-state index in [9.17, 15) is 0 Å². The van der Waals surface area contributed by atoms with Gasteiger partial charge in [-0.3, -0.25) is 0 Å². The molecule has 0 aliphatic carbocycles. The van der Waals surface area contributed by atoms with E-state index in [-0.39, 0.29) is 0 Å². The van der Waals surface area contributed by atoms with Gasteiger partial charge in [0.2, 0.25) is 0 Å². The van der Waals surface area contributed by atoms with Crippen molar-refractivity contribution in [3.8, 4) is 0 Å². The Balaban J connectivity index is 2.10. The van der Waals surface area contributed by atoms with Crippen molar-refractivity contribution < 1.29 is 0 Å². The average Bonchev–Trinajstić information content (AvgIpc) is 2.60. The molecule has 0 N–H and O–H groups in total. The Bertz CT molecular complexity index is 523. The first-order chi connectivity index (χ1) is 12.9. The molecule has 0 spiro atoms. The lowest BCUT2D eigenvalue weighted by molar-refractivity contribution is 0.389. The normalized spacial score (nSPS) is 14.6. The van der Waals surface area contributed by atoms with Crippen molar-refractivity contribution in [1.29, 1.82) is 0 Å². The molecule has 0 fully saturated rings. The van der Waals surface area contributed by atoms with Gasteiger partial charge >= 0.3 is 0 Å². The second-order valence-corrected chi connectivity index (χ2v) is 9.60. The lowest BCUT2D eigenvalue weighted by Crippen LogP contribution is -2.00. The monoisotopic (exact) mass is 370 g/mol. The van der Waals surface area contributed by atoms with Crippen molar-refractivity contribution in [1.82, 2.24) is 0 Å². The number of rotatable bonds is 14. The minimum atomic E-state index is 0.867. The first kappa shape index (κ1) is 24.0. The summed E-state index contributed by atoms with van der Waals surface area (Å²) in [5, 5.41) is 0. The van der Waals surface area contributed by atoms with E-state index < -0.39 is 0 Å². The van der Waals surface area contributed by atoms with Crippen molar-refractivity contribution in [2.45, 2.75) is 106 Å². The van der Waals surface area contributed by atoms with E-state index in [4.69, 9.17) is 0 Å². The highest BCUT2D eigenvalue weighted by Gasteiger charge is 2.06. The van der Waals surface area contributed by atoms with E-state index in [1.165, 1.54) is 68.9 Å². The molecule has 0 unspecified atom stereocenters. The van der Waals surface area contributed by atoms with E-state index in [0.29, 0.717) is 0 Å². The molecule has 0 bridgehead atoms. The summed E-state index contributed by atoms with van der Waals surface area (Å²) in [6.45, 7) is 14.1. The standard InChI is InChI=1S/C27H46/c1-22(2)11-7-12-23(3)13-8-14-24(4)15-9-16-25(5)19-20-27-18-10-17-26(6)21-27/h10,17-19,21-24H,7-9,11-16,20H2,1-6H3/b25-19+/t23-,24-/m1/s1. The van der Waals surface area contributed by atoms with E-state index in [2.05, 4.69) is 71.9 Å². The van der Waals surface area contributed by atoms with Gasteiger partial charge < -0.3 is 0 Å². The Kier molecular flexibility index (Phi) is 12.5. The third-order valence-electron chi connectivity index (χ3n) is 5.91. The van der Waals surface area contributed by atoms with Crippen molar-refractivity contribution in [3.63, 3.8) is 0 Å². The molecule has 0 aliphatic rings. The van der Waals surface area contributed by atoms with E-state index in [1.54, 1.807) is 5.57 Å². The number of hydrogen-bond donors (Lipinski definition) is 0. The summed E-state index contributed by atoms with van der Waals surface area (Å²) in [7, 11) is 0. The zero-order valence-electron chi connectivity index (χ0n) is 19.2. The van der Waals surface area contributed by atoms with Crippen LogP contribution in [-0.2, 0) is 6.42 Å². The van der Waals surface area contributed by atoms with Crippen LogP contribution in [0.1, 0.15) is 104 Å². The molecule has 27 heavy (non-hydrogen) atoms. The van der Waals surface area contributed by atoms with Crippen LogP contribution in [0.2, 0.25) is 0 Å². The molecule has 0 saturated carbocycles. The molecular weight excluding hydrogens is 324 g/mol. The molecule has 0 amide bonds. The van der Waals surface area contributed by atoms with Gasteiger partial charge in [0.1, 0.15) is 0 Å². The molecule has 154 valence electrons. The highest BCUT2D eigenvalue weighted by atomic mass is 14.1. The minimum Gasteiger partial charge on any atom is -0.0812 e. The first-order valence-electron chi connectivity index (χ1n) is 11.6. The van der Waals surface area contributed by atoms with Crippen molar-refractivity contribution in [3.05, 3.63) is 47.0 Å². The van der Waals surface area contributed by atoms with E-state index in [1.807, 2.05) is 0 Å². The number of aryl methyl sites for hydroxylation is 1. The van der Waals surface area contributed by atoms with Crippen LogP contribution in [0, 0.1) is 24.7 Å². The number of hydrogen-bond acceptors (Lipinski definition) is 0. The minimum absolute atomic E-state index is 0.867. The SMILES string of the molecule is C/C(=C\Cc1cccc(C)c1)CCC[C@H](C)CCC[C@H](C)CCCC(C)C. The fraction of sp³-hybridized carbons (Fsp3) is 0.704. The maximum absolute atomic E-state index is 2.45. The second-order valence-electron chi connectivity index (χ2n) is 9.60. The number of allylic oxidation sites excluding steroid dienone is 2. The van der Waals surface area contributed by atoms with Crippen LogP contribution in [0.15, 0.2) is 35.9 Å². The van der Waals surface area contributed by atoms with Gasteiger partial charge in [0.05, 0.1) is 0 Å². The smallest absolute Gasteiger partial charge is 0.00948 e. The van der Waals surface area contributed by atoms with Crippen molar-refractivity contribution in [2.75, 3.05) is 0 Å². The van der Waals surface area contributed by atoms with Crippen LogP contribution in [0.3, 0.4) is 0 Å². The fourth-order valence-corrected chi connectivity index (χ4v) is 3.94. The zero-order valence-corrected chi connectivity index (χ0v) is 19.2. The molecular formula is C27H46. The third kappa shape index (κ3) is 12.9. The van der Waals surface area contributed by atoms with E-state index >= 15 is 0 Å². The molecule has 0 saturated heterocycles. The summed E-state index contributed by atoms with van der Waals surface area (Å²) in [5.74, 6) is 2.67. The van der Waals surface area contributed by atoms with Gasteiger partial charge in [0, 0.05) is 0 Å². The molecule has 0 nitrogen and oxygen atoms in total. The third-order valence-corrected chi connectivity index (χ3v) is 5.91. The van der Waals surface area contributed by atoms with Gasteiger partial charge in [-0.05, 0) is 56.4 Å². The predicted molar refractivity (Wildman–Crippen MR) is 123 cm³/mol. The molecule has 2 atom stereocenters. The van der Waals surface area contributed by atoms with Gasteiger partial charge in [0.25, 0.3) is 0 Å².